The maximum atomic E-state index is 6.27. The quantitative estimate of drug-likeness (QED) is 0.914. The Morgan fingerprint density at radius 3 is 2.81 bits per heavy atom. The van der Waals surface area contributed by atoms with Gasteiger partial charge in [0.15, 0.2) is 0 Å². The zero-order valence-electron chi connectivity index (χ0n) is 11.8. The van der Waals surface area contributed by atoms with Crippen LogP contribution in [0.2, 0.25) is 10.0 Å². The summed E-state index contributed by atoms with van der Waals surface area (Å²) in [5.74, 6) is 0.986. The van der Waals surface area contributed by atoms with Gasteiger partial charge < -0.3 is 10.1 Å². The summed E-state index contributed by atoms with van der Waals surface area (Å²) in [7, 11) is 1.95. The number of benzene rings is 2. The molecule has 0 fully saturated rings. The van der Waals surface area contributed by atoms with Gasteiger partial charge >= 0.3 is 0 Å². The van der Waals surface area contributed by atoms with Crippen LogP contribution < -0.4 is 10.1 Å². The average molecular weight is 322 g/mol. The Morgan fingerprint density at radius 2 is 2.05 bits per heavy atom. The van der Waals surface area contributed by atoms with Crippen molar-refractivity contribution in [1.29, 1.82) is 0 Å². The predicted octanol–water partition coefficient (Wildman–Crippen LogP) is 4.13. The molecule has 2 nitrogen and oxygen atoms in total. The van der Waals surface area contributed by atoms with E-state index < -0.39 is 0 Å². The zero-order valence-corrected chi connectivity index (χ0v) is 13.3. The Morgan fingerprint density at radius 1 is 1.24 bits per heavy atom. The molecule has 1 aliphatic rings. The van der Waals surface area contributed by atoms with Gasteiger partial charge in [-0.3, -0.25) is 0 Å². The van der Waals surface area contributed by atoms with E-state index in [1.165, 1.54) is 5.56 Å². The zero-order chi connectivity index (χ0) is 14.8. The SMILES string of the molecule is CNC(Cc1cc(Cl)ccc1Cl)C1Cc2ccccc2O1. The fraction of sp³-hybridized carbons (Fsp3) is 0.294. The van der Waals surface area contributed by atoms with Crippen LogP contribution in [0.4, 0.5) is 0 Å². The van der Waals surface area contributed by atoms with Gasteiger partial charge in [-0.1, -0.05) is 41.4 Å². The maximum absolute atomic E-state index is 6.27. The van der Waals surface area contributed by atoms with Gasteiger partial charge in [-0.15, -0.1) is 0 Å². The normalized spacial score (nSPS) is 18.1. The summed E-state index contributed by atoms with van der Waals surface area (Å²) in [6, 6.07) is 14.0. The van der Waals surface area contributed by atoms with Crippen molar-refractivity contribution in [2.75, 3.05) is 7.05 Å². The highest BCUT2D eigenvalue weighted by molar-refractivity contribution is 6.33. The number of rotatable bonds is 4. The summed E-state index contributed by atoms with van der Waals surface area (Å²) in [6.45, 7) is 0. The van der Waals surface area contributed by atoms with E-state index in [9.17, 15) is 0 Å². The van der Waals surface area contributed by atoms with Crippen LogP contribution in [0.15, 0.2) is 42.5 Å². The lowest BCUT2D eigenvalue weighted by atomic mass is 9.98. The molecule has 2 atom stereocenters. The van der Waals surface area contributed by atoms with Crippen LogP contribution in [-0.4, -0.2) is 19.2 Å². The van der Waals surface area contributed by atoms with Crippen molar-refractivity contribution in [2.45, 2.75) is 25.0 Å². The number of hydrogen-bond donors (Lipinski definition) is 1. The monoisotopic (exact) mass is 321 g/mol. The maximum Gasteiger partial charge on any atom is 0.123 e. The summed E-state index contributed by atoms with van der Waals surface area (Å²) in [5.41, 5.74) is 2.31. The lowest BCUT2D eigenvalue weighted by Gasteiger charge is -2.23. The smallest absolute Gasteiger partial charge is 0.123 e. The van der Waals surface area contributed by atoms with Crippen LogP contribution in [0, 0.1) is 0 Å². The summed E-state index contributed by atoms with van der Waals surface area (Å²) in [4.78, 5) is 0. The molecular weight excluding hydrogens is 305 g/mol. The number of hydrogen-bond acceptors (Lipinski definition) is 2. The van der Waals surface area contributed by atoms with Gasteiger partial charge in [-0.2, -0.15) is 0 Å². The predicted molar refractivity (Wildman–Crippen MR) is 87.6 cm³/mol. The van der Waals surface area contributed by atoms with Gasteiger partial charge in [0.1, 0.15) is 11.9 Å². The highest BCUT2D eigenvalue weighted by Crippen LogP contribution is 2.31. The molecule has 0 aromatic heterocycles. The van der Waals surface area contributed by atoms with E-state index in [1.54, 1.807) is 0 Å². The molecule has 0 bridgehead atoms. The largest absolute Gasteiger partial charge is 0.488 e. The van der Waals surface area contributed by atoms with Crippen LogP contribution in [-0.2, 0) is 12.8 Å². The van der Waals surface area contributed by atoms with E-state index in [2.05, 4.69) is 11.4 Å². The third kappa shape index (κ3) is 3.18. The molecule has 0 spiro atoms. The van der Waals surface area contributed by atoms with E-state index in [4.69, 9.17) is 27.9 Å². The number of halogens is 2. The molecule has 2 aromatic carbocycles. The Kier molecular flexibility index (Phi) is 4.39. The third-order valence-corrected chi connectivity index (χ3v) is 4.54. The first-order valence-corrected chi connectivity index (χ1v) is 7.78. The minimum atomic E-state index is 0.113. The summed E-state index contributed by atoms with van der Waals surface area (Å²) < 4.78 is 6.06. The molecule has 0 saturated heterocycles. The molecular formula is C17H17Cl2NO. The van der Waals surface area contributed by atoms with Crippen LogP contribution in [0.1, 0.15) is 11.1 Å². The Balaban J connectivity index is 1.76. The van der Waals surface area contributed by atoms with E-state index >= 15 is 0 Å². The summed E-state index contributed by atoms with van der Waals surface area (Å²) in [5, 5.41) is 4.80. The minimum Gasteiger partial charge on any atom is -0.488 e. The molecule has 1 aliphatic heterocycles. The molecule has 0 radical (unpaired) electrons. The Labute approximate surface area is 135 Å². The lowest BCUT2D eigenvalue weighted by Crippen LogP contribution is -2.42. The van der Waals surface area contributed by atoms with Gasteiger partial charge in [0.25, 0.3) is 0 Å². The number of nitrogens with one attached hydrogen (secondary N) is 1. The van der Waals surface area contributed by atoms with Gasteiger partial charge in [-0.25, -0.2) is 0 Å². The van der Waals surface area contributed by atoms with Crippen LogP contribution >= 0.6 is 23.2 Å². The van der Waals surface area contributed by atoms with Crippen LogP contribution in [0.25, 0.3) is 0 Å². The molecule has 21 heavy (non-hydrogen) atoms. The first kappa shape index (κ1) is 14.7. The fourth-order valence-corrected chi connectivity index (χ4v) is 3.18. The van der Waals surface area contributed by atoms with Gasteiger partial charge in [-0.05, 0) is 48.9 Å². The molecule has 1 heterocycles. The average Bonchev–Trinajstić information content (AvgIpc) is 2.91. The second-order valence-electron chi connectivity index (χ2n) is 5.30. The molecule has 0 aliphatic carbocycles. The molecule has 2 aromatic rings. The first-order chi connectivity index (χ1) is 10.2. The standard InChI is InChI=1S/C17H17Cl2NO/c1-20-15(9-12-8-13(18)6-7-14(12)19)17-10-11-4-2-3-5-16(11)21-17/h2-8,15,17,20H,9-10H2,1H3. The highest BCUT2D eigenvalue weighted by atomic mass is 35.5. The molecule has 4 heteroatoms. The molecule has 110 valence electrons. The molecule has 3 rings (SSSR count). The number of ether oxygens (including phenoxy) is 1. The minimum absolute atomic E-state index is 0.113. The highest BCUT2D eigenvalue weighted by Gasteiger charge is 2.29. The third-order valence-electron chi connectivity index (χ3n) is 3.94. The van der Waals surface area contributed by atoms with Crippen molar-refractivity contribution in [3.05, 3.63) is 63.6 Å². The molecule has 0 amide bonds. The van der Waals surface area contributed by atoms with Crippen LogP contribution in [0.5, 0.6) is 5.75 Å². The van der Waals surface area contributed by atoms with Crippen molar-refractivity contribution in [3.8, 4) is 5.75 Å². The van der Waals surface area contributed by atoms with E-state index in [0.29, 0.717) is 5.02 Å². The van der Waals surface area contributed by atoms with E-state index in [-0.39, 0.29) is 12.1 Å². The van der Waals surface area contributed by atoms with Crippen LogP contribution in [0.3, 0.4) is 0 Å². The fourth-order valence-electron chi connectivity index (χ4n) is 2.79. The van der Waals surface area contributed by atoms with Crippen molar-refractivity contribution in [3.63, 3.8) is 0 Å². The van der Waals surface area contributed by atoms with Gasteiger partial charge in [0, 0.05) is 22.5 Å². The second kappa shape index (κ2) is 6.27. The van der Waals surface area contributed by atoms with Crippen molar-refractivity contribution in [1.82, 2.24) is 5.32 Å². The van der Waals surface area contributed by atoms with Gasteiger partial charge in [0.2, 0.25) is 0 Å². The molecule has 2 unspecified atom stereocenters. The van der Waals surface area contributed by atoms with E-state index in [1.807, 2.05) is 43.4 Å². The lowest BCUT2D eigenvalue weighted by molar-refractivity contribution is 0.182. The molecule has 0 saturated carbocycles. The second-order valence-corrected chi connectivity index (χ2v) is 6.15. The Hall–Kier alpha value is -1.22. The van der Waals surface area contributed by atoms with Gasteiger partial charge in [0.05, 0.1) is 0 Å². The molecule has 1 N–H and O–H groups in total. The summed E-state index contributed by atoms with van der Waals surface area (Å²) in [6.07, 6.45) is 1.82. The van der Waals surface area contributed by atoms with Crippen molar-refractivity contribution >= 4 is 23.2 Å². The number of para-hydroxylation sites is 1. The Bertz CT molecular complexity index is 619. The van der Waals surface area contributed by atoms with E-state index in [0.717, 1.165) is 29.2 Å². The first-order valence-electron chi connectivity index (χ1n) is 7.03. The van der Waals surface area contributed by atoms with Crippen molar-refractivity contribution < 1.29 is 4.74 Å². The number of likely N-dealkylation sites (N-methyl/N-ethyl adjacent to an activating group) is 1. The van der Waals surface area contributed by atoms with Crippen molar-refractivity contribution in [2.24, 2.45) is 0 Å². The topological polar surface area (TPSA) is 21.3 Å². The number of fused-ring (bicyclic) bond motifs is 1. The summed E-state index contributed by atoms with van der Waals surface area (Å²) >= 11 is 12.3.